The number of amides is 2. The van der Waals surface area contributed by atoms with Crippen LogP contribution >= 0.6 is 0 Å². The molecule has 0 aromatic heterocycles. The van der Waals surface area contributed by atoms with Crippen molar-refractivity contribution in [2.45, 2.75) is 25.6 Å². The summed E-state index contributed by atoms with van der Waals surface area (Å²) in [5, 5.41) is 2.77. The van der Waals surface area contributed by atoms with E-state index in [1.807, 2.05) is 6.07 Å². The molecule has 0 spiro atoms. The molecule has 0 radical (unpaired) electrons. The molecule has 1 atom stereocenters. The first-order valence-electron chi connectivity index (χ1n) is 10.4. The van der Waals surface area contributed by atoms with Crippen molar-refractivity contribution in [1.29, 1.82) is 0 Å². The molecule has 2 aliphatic heterocycles. The minimum atomic E-state index is -4.44. The van der Waals surface area contributed by atoms with Crippen LogP contribution in [0.2, 0.25) is 0 Å². The maximum atomic E-state index is 12.5. The van der Waals surface area contributed by atoms with Gasteiger partial charge in [-0.25, -0.2) is 0 Å². The molecule has 2 amide bonds. The highest BCUT2D eigenvalue weighted by Crippen LogP contribution is 2.23. The molecule has 6 nitrogen and oxygen atoms in total. The smallest absolute Gasteiger partial charge is 0.356 e. The third-order valence-electron chi connectivity index (χ3n) is 5.62. The topological polar surface area (TPSA) is 55.9 Å². The van der Waals surface area contributed by atoms with Crippen LogP contribution in [0.15, 0.2) is 30.3 Å². The largest absolute Gasteiger partial charge is 0.406 e. The third kappa shape index (κ3) is 6.98. The van der Waals surface area contributed by atoms with Gasteiger partial charge in [0.25, 0.3) is 0 Å². The number of alkyl halides is 3. The molecule has 1 N–H and O–H groups in total. The van der Waals surface area contributed by atoms with Crippen LogP contribution in [0.5, 0.6) is 0 Å². The second-order valence-corrected chi connectivity index (χ2v) is 8.04. The van der Waals surface area contributed by atoms with Crippen LogP contribution in [0, 0.1) is 5.92 Å². The molecule has 9 heteroatoms. The highest BCUT2D eigenvalue weighted by molar-refractivity contribution is 5.89. The fraction of sp³-hybridized carbons (Fsp3) is 0.619. The van der Waals surface area contributed by atoms with E-state index < -0.39 is 24.5 Å². The van der Waals surface area contributed by atoms with E-state index in [9.17, 15) is 22.8 Å². The van der Waals surface area contributed by atoms with Crippen LogP contribution in [0.4, 0.5) is 13.2 Å². The number of carbonyl (C=O) groups excluding carboxylic acids is 2. The summed E-state index contributed by atoms with van der Waals surface area (Å²) in [6, 6.07) is 10.4. The van der Waals surface area contributed by atoms with Crippen molar-refractivity contribution in [3.8, 4) is 0 Å². The Bertz CT molecular complexity index is 706. The summed E-state index contributed by atoms with van der Waals surface area (Å²) >= 11 is 0. The number of nitrogens with one attached hydrogen (secondary N) is 1. The fourth-order valence-electron chi connectivity index (χ4n) is 3.99. The molecule has 2 fully saturated rings. The van der Waals surface area contributed by atoms with Gasteiger partial charge in [0, 0.05) is 52.2 Å². The monoisotopic (exact) mass is 426 g/mol. The summed E-state index contributed by atoms with van der Waals surface area (Å²) < 4.78 is 37.4. The average Bonchev–Trinajstić information content (AvgIpc) is 3.06. The number of piperazine rings is 1. The van der Waals surface area contributed by atoms with Crippen molar-refractivity contribution in [2.75, 3.05) is 52.4 Å². The van der Waals surface area contributed by atoms with Gasteiger partial charge in [-0.2, -0.15) is 13.2 Å². The summed E-state index contributed by atoms with van der Waals surface area (Å²) in [6.45, 7) is 4.79. The molecule has 2 saturated heterocycles. The van der Waals surface area contributed by atoms with E-state index in [0.717, 1.165) is 50.6 Å². The van der Waals surface area contributed by atoms with Crippen LogP contribution in [0.25, 0.3) is 0 Å². The van der Waals surface area contributed by atoms with Gasteiger partial charge in [-0.1, -0.05) is 30.3 Å². The van der Waals surface area contributed by atoms with E-state index in [0.29, 0.717) is 6.54 Å². The number of hydrogen-bond donors (Lipinski definition) is 1. The quantitative estimate of drug-likeness (QED) is 0.644. The molecule has 0 aliphatic carbocycles. The van der Waals surface area contributed by atoms with Gasteiger partial charge < -0.3 is 15.1 Å². The molecule has 3 rings (SSSR count). The summed E-state index contributed by atoms with van der Waals surface area (Å²) in [7, 11) is 0. The first kappa shape index (κ1) is 22.6. The Morgan fingerprint density at radius 3 is 2.40 bits per heavy atom. The van der Waals surface area contributed by atoms with Crippen molar-refractivity contribution >= 4 is 11.8 Å². The van der Waals surface area contributed by atoms with E-state index in [4.69, 9.17) is 0 Å². The van der Waals surface area contributed by atoms with Crippen molar-refractivity contribution in [3.63, 3.8) is 0 Å². The molecular weight excluding hydrogens is 397 g/mol. The van der Waals surface area contributed by atoms with Gasteiger partial charge in [-0.3, -0.25) is 14.5 Å². The lowest BCUT2D eigenvalue weighted by Gasteiger charge is -2.34. The minimum absolute atomic E-state index is 0.148. The van der Waals surface area contributed by atoms with Gasteiger partial charge in [0.1, 0.15) is 6.54 Å². The third-order valence-corrected chi connectivity index (χ3v) is 5.62. The van der Waals surface area contributed by atoms with Crippen molar-refractivity contribution in [3.05, 3.63) is 35.9 Å². The van der Waals surface area contributed by atoms with Crippen molar-refractivity contribution in [2.24, 2.45) is 5.92 Å². The number of likely N-dealkylation sites (tertiary alicyclic amines) is 1. The molecule has 2 heterocycles. The van der Waals surface area contributed by atoms with Gasteiger partial charge in [0.15, 0.2) is 0 Å². The Hall–Kier alpha value is -2.13. The van der Waals surface area contributed by atoms with Crippen LogP contribution in [0.3, 0.4) is 0 Å². The van der Waals surface area contributed by atoms with E-state index in [-0.39, 0.29) is 18.9 Å². The van der Waals surface area contributed by atoms with Crippen LogP contribution in [-0.2, 0) is 16.1 Å². The molecule has 166 valence electrons. The van der Waals surface area contributed by atoms with Gasteiger partial charge >= 0.3 is 6.18 Å². The molecule has 1 unspecified atom stereocenters. The lowest BCUT2D eigenvalue weighted by Crippen LogP contribution is -2.46. The highest BCUT2D eigenvalue weighted by Gasteiger charge is 2.40. The zero-order valence-corrected chi connectivity index (χ0v) is 17.0. The molecule has 0 saturated carbocycles. The van der Waals surface area contributed by atoms with Crippen LogP contribution < -0.4 is 5.32 Å². The fourth-order valence-corrected chi connectivity index (χ4v) is 3.99. The second kappa shape index (κ2) is 10.3. The molecular formula is C21H29F3N4O2. The molecule has 0 bridgehead atoms. The van der Waals surface area contributed by atoms with E-state index in [2.05, 4.69) is 39.4 Å². The first-order chi connectivity index (χ1) is 14.3. The van der Waals surface area contributed by atoms with E-state index in [1.54, 1.807) is 0 Å². The molecule has 2 aliphatic rings. The van der Waals surface area contributed by atoms with Crippen molar-refractivity contribution in [1.82, 2.24) is 20.0 Å². The number of rotatable bonds is 8. The summed E-state index contributed by atoms with van der Waals surface area (Å²) in [5.41, 5.74) is 1.31. The lowest BCUT2D eigenvalue weighted by molar-refractivity contribution is -0.157. The van der Waals surface area contributed by atoms with E-state index >= 15 is 0 Å². The number of hydrogen-bond acceptors (Lipinski definition) is 4. The van der Waals surface area contributed by atoms with Gasteiger partial charge in [-0.15, -0.1) is 0 Å². The predicted octanol–water partition coefficient (Wildman–Crippen LogP) is 1.72. The lowest BCUT2D eigenvalue weighted by atomic mass is 10.1. The van der Waals surface area contributed by atoms with Crippen molar-refractivity contribution < 1.29 is 22.8 Å². The standard InChI is InChI=1S/C21H29F3N4O2/c22-21(23,24)16-28-15-18(13-19(28)29)20(30)25-7-4-8-26-9-11-27(12-10-26)14-17-5-2-1-3-6-17/h1-3,5-6,18H,4,7-16H2,(H,25,30). The Kier molecular flexibility index (Phi) is 7.71. The van der Waals surface area contributed by atoms with Crippen LogP contribution in [-0.4, -0.2) is 85.0 Å². The van der Waals surface area contributed by atoms with Gasteiger partial charge in [0.2, 0.25) is 11.8 Å². The first-order valence-corrected chi connectivity index (χ1v) is 10.4. The number of nitrogens with zero attached hydrogens (tertiary/aromatic N) is 3. The Labute approximate surface area is 175 Å². The van der Waals surface area contributed by atoms with Gasteiger partial charge in [0.05, 0.1) is 5.92 Å². The van der Waals surface area contributed by atoms with E-state index in [1.165, 1.54) is 5.56 Å². The predicted molar refractivity (Wildman–Crippen MR) is 107 cm³/mol. The maximum absolute atomic E-state index is 12.5. The number of halogens is 3. The highest BCUT2D eigenvalue weighted by atomic mass is 19.4. The second-order valence-electron chi connectivity index (χ2n) is 8.04. The number of carbonyl (C=O) groups is 2. The summed E-state index contributed by atoms with van der Waals surface area (Å²) in [5.74, 6) is -1.64. The summed E-state index contributed by atoms with van der Waals surface area (Å²) in [4.78, 5) is 29.4. The number of benzene rings is 1. The molecule has 30 heavy (non-hydrogen) atoms. The maximum Gasteiger partial charge on any atom is 0.406 e. The zero-order valence-electron chi connectivity index (χ0n) is 17.0. The normalized spacial score (nSPS) is 21.2. The SMILES string of the molecule is O=C(NCCCN1CCN(Cc2ccccc2)CC1)C1CC(=O)N(CC(F)(F)F)C1. The average molecular weight is 426 g/mol. The summed E-state index contributed by atoms with van der Waals surface area (Å²) in [6.07, 6.45) is -3.81. The molecule has 1 aromatic rings. The molecule has 1 aromatic carbocycles. The van der Waals surface area contributed by atoms with Crippen LogP contribution in [0.1, 0.15) is 18.4 Å². The minimum Gasteiger partial charge on any atom is -0.356 e. The Morgan fingerprint density at radius 2 is 1.73 bits per heavy atom. The van der Waals surface area contributed by atoms with Gasteiger partial charge in [-0.05, 0) is 18.5 Å². The Morgan fingerprint density at radius 1 is 1.07 bits per heavy atom. The Balaban J connectivity index is 1.28. The zero-order chi connectivity index (χ0) is 21.6.